The number of aryl methyl sites for hydroxylation is 1. The fourth-order valence-electron chi connectivity index (χ4n) is 3.08. The number of nitrogens with zero attached hydrogens (tertiary/aromatic N) is 2. The SMILES string of the molecule is Cc1cc(NC(=O)[C@@H](C)[NH+]2CCN(S(=O)(=O)c3ccccc3F)CC2)no1. The molecule has 1 atom stereocenters. The number of sulfonamides is 1. The molecule has 1 aliphatic heterocycles. The Kier molecular flexibility index (Phi) is 5.59. The van der Waals surface area contributed by atoms with Crippen molar-refractivity contribution in [3.63, 3.8) is 0 Å². The summed E-state index contributed by atoms with van der Waals surface area (Å²) in [6, 6.07) is 6.58. The predicted octanol–water partition coefficient (Wildman–Crippen LogP) is 0.0385. The minimum atomic E-state index is -3.89. The molecule has 1 saturated heterocycles. The molecule has 3 rings (SSSR count). The number of benzene rings is 1. The lowest BCUT2D eigenvalue weighted by Crippen LogP contribution is -3.19. The normalized spacial score (nSPS) is 17.6. The van der Waals surface area contributed by atoms with E-state index in [9.17, 15) is 17.6 Å². The Morgan fingerprint density at radius 3 is 2.59 bits per heavy atom. The van der Waals surface area contributed by atoms with E-state index >= 15 is 0 Å². The molecule has 1 amide bonds. The Balaban J connectivity index is 1.61. The van der Waals surface area contributed by atoms with Crippen LogP contribution in [0, 0.1) is 12.7 Å². The third-order valence-electron chi connectivity index (χ3n) is 4.70. The number of rotatable bonds is 5. The molecule has 1 aliphatic rings. The Morgan fingerprint density at radius 1 is 1.33 bits per heavy atom. The number of quaternary nitrogens is 1. The van der Waals surface area contributed by atoms with Gasteiger partial charge in [-0.1, -0.05) is 17.3 Å². The van der Waals surface area contributed by atoms with E-state index in [0.717, 1.165) is 11.0 Å². The average molecular weight is 397 g/mol. The van der Waals surface area contributed by atoms with Crippen LogP contribution in [-0.4, -0.2) is 56.0 Å². The second-order valence-corrected chi connectivity index (χ2v) is 8.43. The van der Waals surface area contributed by atoms with Gasteiger partial charge in [0, 0.05) is 6.07 Å². The molecule has 10 heteroatoms. The summed E-state index contributed by atoms with van der Waals surface area (Å²) in [5.41, 5.74) is 0. The molecule has 0 spiro atoms. The van der Waals surface area contributed by atoms with Crippen LogP contribution in [0.4, 0.5) is 10.2 Å². The molecule has 2 aromatic rings. The maximum absolute atomic E-state index is 13.9. The molecule has 146 valence electrons. The summed E-state index contributed by atoms with van der Waals surface area (Å²) in [6.07, 6.45) is 0. The molecule has 8 nitrogen and oxygen atoms in total. The predicted molar refractivity (Wildman–Crippen MR) is 95.2 cm³/mol. The van der Waals surface area contributed by atoms with Crippen molar-refractivity contribution in [3.05, 3.63) is 41.9 Å². The van der Waals surface area contributed by atoms with Gasteiger partial charge < -0.3 is 14.7 Å². The van der Waals surface area contributed by atoms with E-state index in [1.54, 1.807) is 19.9 Å². The van der Waals surface area contributed by atoms with Crippen molar-refractivity contribution in [2.24, 2.45) is 0 Å². The van der Waals surface area contributed by atoms with Gasteiger partial charge in [-0.15, -0.1) is 0 Å². The second kappa shape index (κ2) is 7.75. The summed E-state index contributed by atoms with van der Waals surface area (Å²) in [5.74, 6) is -0.0339. The minimum Gasteiger partial charge on any atom is -0.360 e. The Labute approximate surface area is 157 Å². The lowest BCUT2D eigenvalue weighted by atomic mass is 10.2. The number of nitrogens with one attached hydrogen (secondary N) is 2. The summed E-state index contributed by atoms with van der Waals surface area (Å²) in [5, 5.41) is 6.42. The maximum Gasteiger partial charge on any atom is 0.283 e. The summed E-state index contributed by atoms with van der Waals surface area (Å²) < 4.78 is 45.3. The van der Waals surface area contributed by atoms with Gasteiger partial charge in [0.25, 0.3) is 5.91 Å². The molecule has 27 heavy (non-hydrogen) atoms. The number of amides is 1. The van der Waals surface area contributed by atoms with Crippen LogP contribution in [0.25, 0.3) is 0 Å². The fourth-order valence-corrected chi connectivity index (χ4v) is 4.59. The van der Waals surface area contributed by atoms with Crippen molar-refractivity contribution in [3.8, 4) is 0 Å². The zero-order chi connectivity index (χ0) is 19.6. The fraction of sp³-hybridized carbons (Fsp3) is 0.412. The lowest BCUT2D eigenvalue weighted by molar-refractivity contribution is -0.917. The molecular formula is C17H22FN4O4S+. The van der Waals surface area contributed by atoms with Crippen LogP contribution in [0.2, 0.25) is 0 Å². The number of piperazine rings is 1. The summed E-state index contributed by atoms with van der Waals surface area (Å²) in [7, 11) is -3.89. The van der Waals surface area contributed by atoms with Crippen molar-refractivity contribution < 1.29 is 27.0 Å². The van der Waals surface area contributed by atoms with E-state index in [4.69, 9.17) is 4.52 Å². The van der Waals surface area contributed by atoms with Crippen LogP contribution in [0.3, 0.4) is 0 Å². The Hall–Kier alpha value is -2.30. The van der Waals surface area contributed by atoms with Gasteiger partial charge in [0.05, 0.1) is 26.2 Å². The highest BCUT2D eigenvalue weighted by atomic mass is 32.2. The zero-order valence-electron chi connectivity index (χ0n) is 15.1. The quantitative estimate of drug-likeness (QED) is 0.743. The largest absolute Gasteiger partial charge is 0.360 e. The van der Waals surface area contributed by atoms with Crippen LogP contribution >= 0.6 is 0 Å². The van der Waals surface area contributed by atoms with Crippen molar-refractivity contribution in [1.82, 2.24) is 9.46 Å². The van der Waals surface area contributed by atoms with Crippen LogP contribution in [-0.2, 0) is 14.8 Å². The van der Waals surface area contributed by atoms with Crippen LogP contribution in [0.5, 0.6) is 0 Å². The van der Waals surface area contributed by atoms with Crippen molar-refractivity contribution in [2.75, 3.05) is 31.5 Å². The van der Waals surface area contributed by atoms with Gasteiger partial charge in [0.15, 0.2) is 11.9 Å². The Morgan fingerprint density at radius 2 is 2.00 bits per heavy atom. The van der Waals surface area contributed by atoms with Crippen LogP contribution < -0.4 is 10.2 Å². The molecule has 0 unspecified atom stereocenters. The highest BCUT2D eigenvalue weighted by Gasteiger charge is 2.35. The van der Waals surface area contributed by atoms with Crippen LogP contribution in [0.15, 0.2) is 39.8 Å². The number of hydrogen-bond acceptors (Lipinski definition) is 5. The molecular weight excluding hydrogens is 375 g/mol. The molecule has 1 fully saturated rings. The van der Waals surface area contributed by atoms with Gasteiger partial charge in [0.1, 0.15) is 16.5 Å². The number of carbonyl (C=O) groups is 1. The van der Waals surface area contributed by atoms with Gasteiger partial charge in [-0.05, 0) is 26.0 Å². The van der Waals surface area contributed by atoms with Crippen molar-refractivity contribution >= 4 is 21.7 Å². The van der Waals surface area contributed by atoms with Crippen molar-refractivity contribution in [1.29, 1.82) is 0 Å². The second-order valence-electron chi connectivity index (χ2n) is 6.53. The summed E-state index contributed by atoms with van der Waals surface area (Å²) in [6.45, 7) is 4.82. The average Bonchev–Trinajstić information content (AvgIpc) is 3.06. The smallest absolute Gasteiger partial charge is 0.283 e. The van der Waals surface area contributed by atoms with Gasteiger partial charge >= 0.3 is 0 Å². The third-order valence-corrected chi connectivity index (χ3v) is 6.64. The molecule has 0 radical (unpaired) electrons. The van der Waals surface area contributed by atoms with E-state index in [0.29, 0.717) is 24.7 Å². The van der Waals surface area contributed by atoms with Gasteiger partial charge in [0.2, 0.25) is 10.0 Å². The van der Waals surface area contributed by atoms with Gasteiger partial charge in [-0.2, -0.15) is 4.31 Å². The third kappa shape index (κ3) is 4.18. The first-order chi connectivity index (χ1) is 12.8. The molecule has 2 N–H and O–H groups in total. The monoisotopic (exact) mass is 397 g/mol. The van der Waals surface area contributed by atoms with E-state index in [-0.39, 0.29) is 29.9 Å². The highest BCUT2D eigenvalue weighted by molar-refractivity contribution is 7.89. The topological polar surface area (TPSA) is 97.0 Å². The Bertz CT molecular complexity index is 923. The maximum atomic E-state index is 13.9. The van der Waals surface area contributed by atoms with E-state index in [2.05, 4.69) is 10.5 Å². The van der Waals surface area contributed by atoms with Crippen LogP contribution in [0.1, 0.15) is 12.7 Å². The summed E-state index contributed by atoms with van der Waals surface area (Å²) in [4.78, 5) is 13.0. The molecule has 0 bridgehead atoms. The number of aromatic nitrogens is 1. The first kappa shape index (κ1) is 19.5. The number of carbonyl (C=O) groups excluding carboxylic acids is 1. The number of anilines is 1. The molecule has 1 aromatic carbocycles. The minimum absolute atomic E-state index is 0.215. The lowest BCUT2D eigenvalue weighted by Gasteiger charge is -2.34. The first-order valence-electron chi connectivity index (χ1n) is 8.62. The van der Waals surface area contributed by atoms with E-state index in [1.807, 2.05) is 0 Å². The van der Waals surface area contributed by atoms with Gasteiger partial charge in [-0.25, -0.2) is 12.8 Å². The van der Waals surface area contributed by atoms with Crippen molar-refractivity contribution in [2.45, 2.75) is 24.8 Å². The molecule has 0 saturated carbocycles. The zero-order valence-corrected chi connectivity index (χ0v) is 15.9. The molecule has 2 heterocycles. The molecule has 0 aliphatic carbocycles. The number of hydrogen-bond donors (Lipinski definition) is 2. The summed E-state index contributed by atoms with van der Waals surface area (Å²) >= 11 is 0. The van der Waals surface area contributed by atoms with Gasteiger partial charge in [-0.3, -0.25) is 4.79 Å². The first-order valence-corrected chi connectivity index (χ1v) is 10.1. The van der Waals surface area contributed by atoms with E-state index < -0.39 is 15.8 Å². The standard InChI is InChI=1S/C17H21FN4O4S/c1-12-11-16(20-26-12)19-17(23)13(2)21-7-9-22(10-8-21)27(24,25)15-6-4-3-5-14(15)18/h3-6,11,13H,7-10H2,1-2H3,(H,19,20,23)/p+1/t13-/m1/s1. The number of halogens is 1. The molecule has 1 aromatic heterocycles. The van der Waals surface area contributed by atoms with E-state index in [1.165, 1.54) is 22.5 Å². The highest BCUT2D eigenvalue weighted by Crippen LogP contribution is 2.18.